The van der Waals surface area contributed by atoms with E-state index in [1.54, 1.807) is 32.2 Å². The Labute approximate surface area is 147 Å². The molecule has 0 saturated carbocycles. The van der Waals surface area contributed by atoms with E-state index in [2.05, 4.69) is 15.3 Å². The number of aromatic nitrogens is 2. The molecule has 25 heavy (non-hydrogen) atoms. The van der Waals surface area contributed by atoms with Crippen molar-refractivity contribution in [1.29, 1.82) is 0 Å². The van der Waals surface area contributed by atoms with E-state index in [-0.39, 0.29) is 11.6 Å². The molecule has 1 N–H and O–H groups in total. The fourth-order valence-corrected chi connectivity index (χ4v) is 3.28. The lowest BCUT2D eigenvalue weighted by molar-refractivity contribution is -0.385. The Morgan fingerprint density at radius 1 is 1.20 bits per heavy atom. The molecule has 0 fully saturated rings. The molecule has 3 aromatic rings. The maximum Gasteiger partial charge on any atom is 0.274 e. The van der Waals surface area contributed by atoms with E-state index in [0.717, 1.165) is 0 Å². The average Bonchev–Trinajstić information content (AvgIpc) is 2.99. The highest BCUT2D eigenvalue weighted by Gasteiger charge is 2.19. The number of nitro groups is 1. The number of anilines is 1. The van der Waals surface area contributed by atoms with Crippen LogP contribution in [0.5, 0.6) is 0 Å². The average molecular weight is 354 g/mol. The van der Waals surface area contributed by atoms with Crippen LogP contribution in [0, 0.1) is 24.0 Å². The van der Waals surface area contributed by atoms with Crippen LogP contribution in [0.3, 0.4) is 0 Å². The fraction of sp³-hybridized carbons (Fsp3) is 0.118. The number of nitrogens with one attached hydrogen (secondary N) is 1. The molecule has 0 spiro atoms. The predicted molar refractivity (Wildman–Crippen MR) is 95.9 cm³/mol. The van der Waals surface area contributed by atoms with Gasteiger partial charge in [0.05, 0.1) is 27.6 Å². The van der Waals surface area contributed by atoms with Crippen molar-refractivity contribution in [3.63, 3.8) is 0 Å². The van der Waals surface area contributed by atoms with E-state index >= 15 is 0 Å². The smallest absolute Gasteiger partial charge is 0.274 e. The number of rotatable bonds is 4. The van der Waals surface area contributed by atoms with Gasteiger partial charge in [0.25, 0.3) is 11.6 Å². The van der Waals surface area contributed by atoms with Crippen LogP contribution < -0.4 is 5.32 Å². The summed E-state index contributed by atoms with van der Waals surface area (Å²) in [6, 6.07) is 10.1. The molecule has 126 valence electrons. The molecule has 2 aromatic heterocycles. The molecule has 0 aliphatic carbocycles. The molecule has 2 heterocycles. The second-order valence-electron chi connectivity index (χ2n) is 5.31. The standard InChI is InChI=1S/C17H14N4O3S/c1-10-12(7-5-8-14(10)21(23)24)20-16(22)15-11(2)19-17(25-15)13-6-3-4-9-18-13/h3-9H,1-2H3,(H,20,22). The SMILES string of the molecule is Cc1nc(-c2ccccn2)sc1C(=O)Nc1cccc([N+](=O)[O-])c1C. The van der Waals surface area contributed by atoms with Gasteiger partial charge in [0.1, 0.15) is 9.88 Å². The molecule has 8 heteroatoms. The molecular formula is C17H14N4O3S. The van der Waals surface area contributed by atoms with Crippen LogP contribution in [0.25, 0.3) is 10.7 Å². The van der Waals surface area contributed by atoms with Crippen molar-refractivity contribution in [2.75, 3.05) is 5.32 Å². The first-order valence-electron chi connectivity index (χ1n) is 7.41. The van der Waals surface area contributed by atoms with E-state index < -0.39 is 4.92 Å². The van der Waals surface area contributed by atoms with Gasteiger partial charge in [-0.05, 0) is 32.0 Å². The topological polar surface area (TPSA) is 98.0 Å². The Hall–Kier alpha value is -3.13. The van der Waals surface area contributed by atoms with Crippen molar-refractivity contribution in [1.82, 2.24) is 9.97 Å². The van der Waals surface area contributed by atoms with Gasteiger partial charge in [0, 0.05) is 12.3 Å². The minimum absolute atomic E-state index is 0.0343. The van der Waals surface area contributed by atoms with E-state index in [9.17, 15) is 14.9 Å². The van der Waals surface area contributed by atoms with E-state index in [1.807, 2.05) is 18.2 Å². The number of aryl methyl sites for hydroxylation is 1. The Bertz CT molecular complexity index is 954. The number of thiazole rings is 1. The zero-order chi connectivity index (χ0) is 18.0. The molecule has 0 saturated heterocycles. The highest BCUT2D eigenvalue weighted by atomic mass is 32.1. The molecule has 0 bridgehead atoms. The van der Waals surface area contributed by atoms with Crippen molar-refractivity contribution in [2.24, 2.45) is 0 Å². The second kappa shape index (κ2) is 6.78. The number of amides is 1. The van der Waals surface area contributed by atoms with Crippen molar-refractivity contribution in [3.8, 4) is 10.7 Å². The van der Waals surface area contributed by atoms with Gasteiger partial charge in [0.15, 0.2) is 0 Å². The number of nitro benzene ring substituents is 1. The van der Waals surface area contributed by atoms with Crippen LogP contribution in [-0.2, 0) is 0 Å². The second-order valence-corrected chi connectivity index (χ2v) is 6.31. The maximum absolute atomic E-state index is 12.6. The number of nitrogens with zero attached hydrogens (tertiary/aromatic N) is 3. The summed E-state index contributed by atoms with van der Waals surface area (Å²) in [6.07, 6.45) is 1.66. The summed E-state index contributed by atoms with van der Waals surface area (Å²) >= 11 is 1.24. The third-order valence-electron chi connectivity index (χ3n) is 3.64. The van der Waals surface area contributed by atoms with Crippen LogP contribution in [0.1, 0.15) is 20.9 Å². The van der Waals surface area contributed by atoms with Gasteiger partial charge in [-0.1, -0.05) is 12.1 Å². The molecule has 0 unspecified atom stereocenters. The quantitative estimate of drug-likeness (QED) is 0.564. The number of carbonyl (C=O) groups excluding carboxylic acids is 1. The van der Waals surface area contributed by atoms with Crippen molar-refractivity contribution in [3.05, 3.63) is 68.8 Å². The third-order valence-corrected chi connectivity index (χ3v) is 4.82. The summed E-state index contributed by atoms with van der Waals surface area (Å²) < 4.78 is 0. The summed E-state index contributed by atoms with van der Waals surface area (Å²) in [6.45, 7) is 3.35. The number of hydrogen-bond acceptors (Lipinski definition) is 6. The van der Waals surface area contributed by atoms with Crippen LogP contribution in [0.2, 0.25) is 0 Å². The lowest BCUT2D eigenvalue weighted by atomic mass is 10.1. The van der Waals surface area contributed by atoms with Crippen molar-refractivity contribution < 1.29 is 9.72 Å². The number of benzene rings is 1. The molecule has 1 amide bonds. The van der Waals surface area contributed by atoms with Crippen molar-refractivity contribution >= 4 is 28.6 Å². The summed E-state index contributed by atoms with van der Waals surface area (Å²) in [5.74, 6) is -0.347. The van der Waals surface area contributed by atoms with Crippen molar-refractivity contribution in [2.45, 2.75) is 13.8 Å². The lowest BCUT2D eigenvalue weighted by Crippen LogP contribution is -2.13. The Balaban J connectivity index is 1.89. The Kier molecular flexibility index (Phi) is 4.53. The number of pyridine rings is 1. The molecular weight excluding hydrogens is 340 g/mol. The Morgan fingerprint density at radius 2 is 2.00 bits per heavy atom. The van der Waals surface area contributed by atoms with Gasteiger partial charge in [-0.2, -0.15) is 0 Å². The molecule has 1 aromatic carbocycles. The fourth-order valence-electron chi connectivity index (χ4n) is 2.34. The van der Waals surface area contributed by atoms with Crippen LogP contribution >= 0.6 is 11.3 Å². The highest BCUT2D eigenvalue weighted by molar-refractivity contribution is 7.17. The zero-order valence-corrected chi connectivity index (χ0v) is 14.3. The first kappa shape index (κ1) is 16.7. The third kappa shape index (κ3) is 3.38. The van der Waals surface area contributed by atoms with Crippen LogP contribution in [0.4, 0.5) is 11.4 Å². The van der Waals surface area contributed by atoms with Gasteiger partial charge < -0.3 is 5.32 Å². The molecule has 0 aliphatic rings. The summed E-state index contributed by atoms with van der Waals surface area (Å²) in [5, 5.41) is 14.4. The summed E-state index contributed by atoms with van der Waals surface area (Å²) in [5.41, 5.74) is 2.07. The van der Waals surface area contributed by atoms with Gasteiger partial charge in [-0.25, -0.2) is 4.98 Å². The number of hydrogen-bond donors (Lipinski definition) is 1. The normalized spacial score (nSPS) is 10.5. The molecule has 0 radical (unpaired) electrons. The van der Waals surface area contributed by atoms with Crippen LogP contribution in [0.15, 0.2) is 42.6 Å². The predicted octanol–water partition coefficient (Wildman–Crippen LogP) is 3.98. The summed E-state index contributed by atoms with van der Waals surface area (Å²) in [7, 11) is 0. The van der Waals surface area contributed by atoms with E-state index in [4.69, 9.17) is 0 Å². The maximum atomic E-state index is 12.6. The zero-order valence-electron chi connectivity index (χ0n) is 13.5. The minimum Gasteiger partial charge on any atom is -0.321 e. The first-order valence-corrected chi connectivity index (χ1v) is 8.23. The van der Waals surface area contributed by atoms with Gasteiger partial charge in [-0.3, -0.25) is 19.9 Å². The molecule has 7 nitrogen and oxygen atoms in total. The summed E-state index contributed by atoms with van der Waals surface area (Å²) in [4.78, 5) is 32.2. The monoisotopic (exact) mass is 354 g/mol. The Morgan fingerprint density at radius 3 is 2.68 bits per heavy atom. The van der Waals surface area contributed by atoms with Crippen LogP contribution in [-0.4, -0.2) is 20.8 Å². The molecule has 3 rings (SSSR count). The minimum atomic E-state index is -0.470. The lowest BCUT2D eigenvalue weighted by Gasteiger charge is -2.07. The highest BCUT2D eigenvalue weighted by Crippen LogP contribution is 2.29. The van der Waals surface area contributed by atoms with E-state index in [0.29, 0.717) is 32.5 Å². The first-order chi connectivity index (χ1) is 12.0. The molecule has 0 aliphatic heterocycles. The number of carbonyl (C=O) groups is 1. The van der Waals surface area contributed by atoms with Gasteiger partial charge in [-0.15, -0.1) is 11.3 Å². The van der Waals surface area contributed by atoms with Gasteiger partial charge in [0.2, 0.25) is 0 Å². The van der Waals surface area contributed by atoms with Gasteiger partial charge >= 0.3 is 0 Å². The molecule has 0 atom stereocenters. The largest absolute Gasteiger partial charge is 0.321 e. The van der Waals surface area contributed by atoms with E-state index in [1.165, 1.54) is 17.4 Å².